The molecule has 2 aliphatic rings. The predicted molar refractivity (Wildman–Crippen MR) is 77.0 cm³/mol. The third-order valence-electron chi connectivity index (χ3n) is 4.10. The zero-order valence-electron chi connectivity index (χ0n) is 11.8. The Hall–Kier alpha value is -2.08. The molecule has 2 heterocycles. The van der Waals surface area contributed by atoms with Crippen LogP contribution >= 0.6 is 0 Å². The second kappa shape index (κ2) is 5.73. The molecule has 6 nitrogen and oxygen atoms in total. The molecule has 1 atom stereocenters. The van der Waals surface area contributed by atoms with E-state index in [2.05, 4.69) is 10.2 Å². The van der Waals surface area contributed by atoms with Crippen molar-refractivity contribution in [3.05, 3.63) is 35.4 Å². The van der Waals surface area contributed by atoms with E-state index >= 15 is 0 Å². The topological polar surface area (TPSA) is 72.9 Å². The summed E-state index contributed by atoms with van der Waals surface area (Å²) in [6.07, 6.45) is 0.0643. The molecule has 1 unspecified atom stereocenters. The molecule has 2 N–H and O–H groups in total. The molecule has 3 rings (SSSR count). The maximum atomic E-state index is 11.5. The number of carboxylic acid groups (broad SMARTS) is 1. The number of hydrogen-bond acceptors (Lipinski definition) is 3. The van der Waals surface area contributed by atoms with E-state index < -0.39 is 5.97 Å². The first-order valence-corrected chi connectivity index (χ1v) is 7.18. The van der Waals surface area contributed by atoms with Gasteiger partial charge in [0, 0.05) is 32.7 Å². The molecular formula is C15H19N3O3. The summed E-state index contributed by atoms with van der Waals surface area (Å²) in [5, 5.41) is 11.6. The number of aliphatic carboxylic acids is 1. The number of benzene rings is 1. The van der Waals surface area contributed by atoms with Gasteiger partial charge in [-0.05, 0) is 11.1 Å². The van der Waals surface area contributed by atoms with Crippen LogP contribution in [0.1, 0.15) is 11.1 Å². The van der Waals surface area contributed by atoms with Gasteiger partial charge in [0.25, 0.3) is 0 Å². The van der Waals surface area contributed by atoms with Crippen LogP contribution in [-0.4, -0.2) is 59.1 Å². The molecule has 21 heavy (non-hydrogen) atoms. The number of amides is 2. The minimum absolute atomic E-state index is 0.0534. The fourth-order valence-electron chi connectivity index (χ4n) is 3.01. The summed E-state index contributed by atoms with van der Waals surface area (Å²) >= 11 is 0. The van der Waals surface area contributed by atoms with Gasteiger partial charge in [-0.15, -0.1) is 0 Å². The first-order valence-electron chi connectivity index (χ1n) is 7.18. The Labute approximate surface area is 123 Å². The first kappa shape index (κ1) is 13.9. The van der Waals surface area contributed by atoms with Crippen LogP contribution in [0, 0.1) is 0 Å². The van der Waals surface area contributed by atoms with Crippen LogP contribution in [0.5, 0.6) is 0 Å². The summed E-state index contributed by atoms with van der Waals surface area (Å²) in [4.78, 5) is 26.5. The Bertz CT molecular complexity index is 544. The Kier molecular flexibility index (Phi) is 3.79. The van der Waals surface area contributed by atoms with E-state index in [1.165, 1.54) is 5.56 Å². The third-order valence-corrected chi connectivity index (χ3v) is 4.10. The first-order chi connectivity index (χ1) is 10.1. The number of fused-ring (bicyclic) bond motifs is 1. The average Bonchev–Trinajstić information content (AvgIpc) is 2.82. The number of carbonyl (C=O) groups excluding carboxylic acids is 1. The van der Waals surface area contributed by atoms with Crippen molar-refractivity contribution in [2.75, 3.05) is 26.2 Å². The van der Waals surface area contributed by atoms with E-state index in [-0.39, 0.29) is 18.5 Å². The van der Waals surface area contributed by atoms with E-state index in [1.807, 2.05) is 29.2 Å². The number of carbonyl (C=O) groups is 2. The molecule has 1 aromatic carbocycles. The number of nitrogens with one attached hydrogen (secondary N) is 1. The summed E-state index contributed by atoms with van der Waals surface area (Å²) in [5.74, 6) is -0.808. The summed E-state index contributed by atoms with van der Waals surface area (Å²) in [7, 11) is 0. The molecule has 2 amide bonds. The lowest BCUT2D eigenvalue weighted by Gasteiger charge is -2.36. The second-order valence-corrected chi connectivity index (χ2v) is 5.66. The number of urea groups is 1. The van der Waals surface area contributed by atoms with E-state index in [0.29, 0.717) is 0 Å². The Morgan fingerprint density at radius 3 is 2.67 bits per heavy atom. The average molecular weight is 289 g/mol. The predicted octanol–water partition coefficient (Wildman–Crippen LogP) is 0.523. The van der Waals surface area contributed by atoms with Gasteiger partial charge in [0.05, 0.1) is 12.5 Å². The molecule has 2 aliphatic heterocycles. The molecule has 2 saturated heterocycles. The lowest BCUT2D eigenvalue weighted by atomic mass is 10.1. The SMILES string of the molecule is O=C(O)Cc1ccc(CN2CCN3C(=O)NCC3C2)cc1. The summed E-state index contributed by atoms with van der Waals surface area (Å²) in [6, 6.07) is 8.06. The Morgan fingerprint density at radius 1 is 1.24 bits per heavy atom. The van der Waals surface area contributed by atoms with Crippen LogP contribution in [-0.2, 0) is 17.8 Å². The Balaban J connectivity index is 1.57. The van der Waals surface area contributed by atoms with Crippen LogP contribution in [0.15, 0.2) is 24.3 Å². The van der Waals surface area contributed by atoms with Gasteiger partial charge >= 0.3 is 12.0 Å². The van der Waals surface area contributed by atoms with Crippen molar-refractivity contribution in [3.63, 3.8) is 0 Å². The summed E-state index contributed by atoms with van der Waals surface area (Å²) < 4.78 is 0. The van der Waals surface area contributed by atoms with Crippen molar-refractivity contribution in [1.82, 2.24) is 15.1 Å². The monoisotopic (exact) mass is 289 g/mol. The lowest BCUT2D eigenvalue weighted by Crippen LogP contribution is -2.51. The minimum atomic E-state index is -0.808. The zero-order chi connectivity index (χ0) is 14.8. The van der Waals surface area contributed by atoms with Crippen molar-refractivity contribution in [2.24, 2.45) is 0 Å². The minimum Gasteiger partial charge on any atom is -0.481 e. The van der Waals surface area contributed by atoms with Gasteiger partial charge in [-0.2, -0.15) is 0 Å². The van der Waals surface area contributed by atoms with Gasteiger partial charge in [-0.3, -0.25) is 9.69 Å². The van der Waals surface area contributed by atoms with Crippen molar-refractivity contribution in [2.45, 2.75) is 19.0 Å². The molecule has 0 aromatic heterocycles. The van der Waals surface area contributed by atoms with Crippen LogP contribution in [0.25, 0.3) is 0 Å². The Morgan fingerprint density at radius 2 is 1.95 bits per heavy atom. The highest BCUT2D eigenvalue weighted by Gasteiger charge is 2.35. The van der Waals surface area contributed by atoms with Gasteiger partial charge < -0.3 is 15.3 Å². The van der Waals surface area contributed by atoms with Crippen LogP contribution < -0.4 is 5.32 Å². The number of piperazine rings is 1. The second-order valence-electron chi connectivity index (χ2n) is 5.66. The zero-order valence-corrected chi connectivity index (χ0v) is 11.8. The van der Waals surface area contributed by atoms with Gasteiger partial charge in [0.15, 0.2) is 0 Å². The van der Waals surface area contributed by atoms with Crippen LogP contribution in [0.3, 0.4) is 0 Å². The molecule has 1 aromatic rings. The van der Waals surface area contributed by atoms with Crippen molar-refractivity contribution in [3.8, 4) is 0 Å². The quantitative estimate of drug-likeness (QED) is 0.848. The molecule has 6 heteroatoms. The maximum absolute atomic E-state index is 11.5. The van der Waals surface area contributed by atoms with Crippen molar-refractivity contribution < 1.29 is 14.7 Å². The summed E-state index contributed by atoms with van der Waals surface area (Å²) in [6.45, 7) is 4.10. The van der Waals surface area contributed by atoms with E-state index in [1.54, 1.807) is 0 Å². The fraction of sp³-hybridized carbons (Fsp3) is 0.467. The number of carboxylic acids is 1. The van der Waals surface area contributed by atoms with Gasteiger partial charge in [0.1, 0.15) is 0 Å². The van der Waals surface area contributed by atoms with Crippen molar-refractivity contribution in [1.29, 1.82) is 0 Å². The smallest absolute Gasteiger partial charge is 0.317 e. The molecule has 112 valence electrons. The molecule has 0 radical (unpaired) electrons. The van der Waals surface area contributed by atoms with E-state index in [4.69, 9.17) is 5.11 Å². The van der Waals surface area contributed by atoms with Gasteiger partial charge in [0.2, 0.25) is 0 Å². The fourth-order valence-corrected chi connectivity index (χ4v) is 3.01. The largest absolute Gasteiger partial charge is 0.481 e. The molecule has 0 bridgehead atoms. The summed E-state index contributed by atoms with van der Waals surface area (Å²) in [5.41, 5.74) is 2.00. The lowest BCUT2D eigenvalue weighted by molar-refractivity contribution is -0.136. The van der Waals surface area contributed by atoms with Crippen LogP contribution in [0.4, 0.5) is 4.79 Å². The van der Waals surface area contributed by atoms with E-state index in [9.17, 15) is 9.59 Å². The molecular weight excluding hydrogens is 270 g/mol. The highest BCUT2D eigenvalue weighted by Crippen LogP contribution is 2.16. The number of hydrogen-bond donors (Lipinski definition) is 2. The molecule has 0 saturated carbocycles. The van der Waals surface area contributed by atoms with Gasteiger partial charge in [-0.1, -0.05) is 24.3 Å². The highest BCUT2D eigenvalue weighted by atomic mass is 16.4. The standard InChI is InChI=1S/C15H19N3O3/c19-14(20)7-11-1-3-12(4-2-11)9-17-5-6-18-13(10-17)8-16-15(18)21/h1-4,13H,5-10H2,(H,16,21)(H,19,20). The third kappa shape index (κ3) is 3.16. The normalized spacial score (nSPS) is 22.0. The number of rotatable bonds is 4. The molecule has 0 aliphatic carbocycles. The van der Waals surface area contributed by atoms with Gasteiger partial charge in [-0.25, -0.2) is 4.79 Å². The van der Waals surface area contributed by atoms with E-state index in [0.717, 1.165) is 38.3 Å². The maximum Gasteiger partial charge on any atom is 0.317 e. The highest BCUT2D eigenvalue weighted by molar-refractivity contribution is 5.77. The number of nitrogens with zero attached hydrogens (tertiary/aromatic N) is 2. The van der Waals surface area contributed by atoms with Crippen LogP contribution in [0.2, 0.25) is 0 Å². The molecule has 0 spiro atoms. The molecule has 2 fully saturated rings. The van der Waals surface area contributed by atoms with Crippen molar-refractivity contribution >= 4 is 12.0 Å².